The lowest BCUT2D eigenvalue weighted by Gasteiger charge is -2.22. The summed E-state index contributed by atoms with van der Waals surface area (Å²) < 4.78 is 35.6. The number of hydrogen-bond donors (Lipinski definition) is 3. The van der Waals surface area contributed by atoms with E-state index in [2.05, 4.69) is 15.3 Å². The quantitative estimate of drug-likeness (QED) is 0.230. The van der Waals surface area contributed by atoms with E-state index in [0.717, 1.165) is 0 Å². The van der Waals surface area contributed by atoms with Crippen molar-refractivity contribution in [3.63, 3.8) is 0 Å². The van der Waals surface area contributed by atoms with Gasteiger partial charge < -0.3 is 15.8 Å². The van der Waals surface area contributed by atoms with E-state index in [-0.39, 0.29) is 44.5 Å². The van der Waals surface area contributed by atoms with Crippen LogP contribution in [0.4, 0.5) is 20.4 Å². The number of nitrogens with one attached hydrogen (secondary N) is 2. The van der Waals surface area contributed by atoms with Crippen LogP contribution in [0.1, 0.15) is 29.9 Å². The van der Waals surface area contributed by atoms with Crippen molar-refractivity contribution >= 4 is 39.9 Å². The van der Waals surface area contributed by atoms with E-state index < -0.39 is 23.4 Å². The number of para-hydroxylation sites is 1. The second kappa shape index (κ2) is 10.7. The summed E-state index contributed by atoms with van der Waals surface area (Å²) in [6, 6.07) is 15.6. The Morgan fingerprint density at radius 3 is 2.55 bits per heavy atom. The second-order valence-electron chi connectivity index (χ2n) is 8.75. The second-order valence-corrected chi connectivity index (χ2v) is 9.15. The molecule has 1 atom stereocenters. The van der Waals surface area contributed by atoms with Gasteiger partial charge in [-0.05, 0) is 43.3 Å². The van der Waals surface area contributed by atoms with Crippen molar-refractivity contribution in [2.24, 2.45) is 0 Å². The van der Waals surface area contributed by atoms with Gasteiger partial charge in [0.25, 0.3) is 5.56 Å². The lowest BCUT2D eigenvalue weighted by atomic mass is 10.0. The van der Waals surface area contributed by atoms with Gasteiger partial charge in [-0.3, -0.25) is 14.8 Å². The summed E-state index contributed by atoms with van der Waals surface area (Å²) in [5, 5.41) is 12.3. The molecule has 0 spiro atoms. The minimum Gasteiger partial charge on any atom is -0.494 e. The van der Waals surface area contributed by atoms with Crippen LogP contribution in [0.15, 0.2) is 71.8 Å². The average molecular weight is 562 g/mol. The number of hydrogen-bond acceptors (Lipinski definition) is 8. The number of anilines is 2. The maximum atomic E-state index is 14.9. The molecule has 2 aromatic heterocycles. The maximum absolute atomic E-state index is 14.9. The highest BCUT2D eigenvalue weighted by Gasteiger charge is 2.25. The van der Waals surface area contributed by atoms with Crippen LogP contribution in [-0.2, 0) is 0 Å². The van der Waals surface area contributed by atoms with Crippen LogP contribution in [0, 0.1) is 17.0 Å². The molecule has 3 aromatic carbocycles. The molecule has 0 radical (unpaired) electrons. The molecule has 4 N–H and O–H groups in total. The standard InChI is InChI=1S/C28H22ClF2N7O2/c1-14(27-37-18-10-6-9-17(29)20(18)28(39)38(27)15-7-4-3-5-8-15)36-26-21(25(33)34-13-35-26)24(32)16-11-12-19(40-2)23(31)22(16)30/h3-14,32H,1-2H3,(H3,33,34,35,36)/t14-/m1/s1. The normalized spacial score (nSPS) is 11.8. The van der Waals surface area contributed by atoms with Gasteiger partial charge in [0.15, 0.2) is 11.6 Å². The van der Waals surface area contributed by atoms with Gasteiger partial charge in [-0.15, -0.1) is 0 Å². The molecule has 5 rings (SSSR count). The monoisotopic (exact) mass is 561 g/mol. The molecule has 0 aliphatic carbocycles. The molecule has 5 aromatic rings. The predicted molar refractivity (Wildman–Crippen MR) is 150 cm³/mol. The molecule has 0 aliphatic rings. The van der Waals surface area contributed by atoms with E-state index in [1.807, 2.05) is 6.07 Å². The van der Waals surface area contributed by atoms with Crippen LogP contribution in [0.2, 0.25) is 5.02 Å². The Kier molecular flexibility index (Phi) is 7.14. The highest BCUT2D eigenvalue weighted by molar-refractivity contribution is 6.35. The smallest absolute Gasteiger partial charge is 0.267 e. The van der Waals surface area contributed by atoms with Crippen molar-refractivity contribution in [3.8, 4) is 11.4 Å². The average Bonchev–Trinajstić information content (AvgIpc) is 2.94. The van der Waals surface area contributed by atoms with Crippen LogP contribution in [-0.4, -0.2) is 32.3 Å². The van der Waals surface area contributed by atoms with Crippen molar-refractivity contribution in [1.82, 2.24) is 19.5 Å². The van der Waals surface area contributed by atoms with E-state index in [4.69, 9.17) is 32.5 Å². The third-order valence-electron chi connectivity index (χ3n) is 6.29. The minimum atomic E-state index is -1.28. The Morgan fingerprint density at radius 1 is 1.07 bits per heavy atom. The maximum Gasteiger partial charge on any atom is 0.267 e. The molecule has 9 nitrogen and oxygen atoms in total. The lowest BCUT2D eigenvalue weighted by molar-refractivity contribution is 0.371. The number of nitrogens with zero attached hydrogens (tertiary/aromatic N) is 4. The first-order valence-electron chi connectivity index (χ1n) is 12.0. The van der Waals surface area contributed by atoms with Crippen LogP contribution < -0.4 is 21.3 Å². The summed E-state index contributed by atoms with van der Waals surface area (Å²) in [7, 11) is 1.21. The molecular weight excluding hydrogens is 540 g/mol. The number of nitrogens with two attached hydrogens (primary N) is 1. The SMILES string of the molecule is COc1ccc(C(=N)c2c(N)ncnc2N[C@H](C)c2nc3cccc(Cl)c3c(=O)n2-c2ccccc2)c(F)c1F. The molecule has 2 heterocycles. The van der Waals surface area contributed by atoms with Crippen molar-refractivity contribution in [2.75, 3.05) is 18.2 Å². The van der Waals surface area contributed by atoms with Gasteiger partial charge >= 0.3 is 0 Å². The fourth-order valence-corrected chi connectivity index (χ4v) is 4.62. The Balaban J connectivity index is 1.63. The molecule has 202 valence electrons. The number of aromatic nitrogens is 4. The summed E-state index contributed by atoms with van der Waals surface area (Å²) in [5.74, 6) is -2.60. The van der Waals surface area contributed by atoms with Gasteiger partial charge in [-0.25, -0.2) is 19.3 Å². The fraction of sp³-hybridized carbons (Fsp3) is 0.107. The van der Waals surface area contributed by atoms with E-state index >= 15 is 0 Å². The van der Waals surface area contributed by atoms with Gasteiger partial charge in [0.1, 0.15) is 23.8 Å². The third kappa shape index (κ3) is 4.60. The summed E-state index contributed by atoms with van der Waals surface area (Å²) >= 11 is 6.37. The Hall–Kier alpha value is -4.90. The van der Waals surface area contributed by atoms with Gasteiger partial charge in [0.2, 0.25) is 5.82 Å². The highest BCUT2D eigenvalue weighted by atomic mass is 35.5. The first-order valence-corrected chi connectivity index (χ1v) is 12.4. The molecule has 40 heavy (non-hydrogen) atoms. The Morgan fingerprint density at radius 2 is 1.82 bits per heavy atom. The Bertz CT molecular complexity index is 1830. The summed E-state index contributed by atoms with van der Waals surface area (Å²) in [6.07, 6.45) is 1.17. The first kappa shape index (κ1) is 26.7. The van der Waals surface area contributed by atoms with Crippen molar-refractivity contribution in [1.29, 1.82) is 5.41 Å². The number of halogens is 3. The van der Waals surface area contributed by atoms with E-state index in [0.29, 0.717) is 17.0 Å². The zero-order chi connectivity index (χ0) is 28.6. The lowest BCUT2D eigenvalue weighted by Crippen LogP contribution is -2.28. The van der Waals surface area contributed by atoms with Crippen molar-refractivity contribution in [2.45, 2.75) is 13.0 Å². The molecule has 12 heteroatoms. The highest BCUT2D eigenvalue weighted by Crippen LogP contribution is 2.30. The van der Waals surface area contributed by atoms with Crippen LogP contribution in [0.3, 0.4) is 0 Å². The molecule has 0 aliphatic heterocycles. The van der Waals surface area contributed by atoms with E-state index in [1.54, 1.807) is 49.4 Å². The van der Waals surface area contributed by atoms with Crippen molar-refractivity contribution in [3.05, 3.63) is 111 Å². The summed E-state index contributed by atoms with van der Waals surface area (Å²) in [4.78, 5) is 26.6. The third-order valence-corrected chi connectivity index (χ3v) is 6.61. The van der Waals surface area contributed by atoms with E-state index in [9.17, 15) is 13.6 Å². The molecule has 0 amide bonds. The largest absolute Gasteiger partial charge is 0.494 e. The molecule has 0 bridgehead atoms. The number of methoxy groups -OCH3 is 1. The summed E-state index contributed by atoms with van der Waals surface area (Å²) in [6.45, 7) is 1.73. The van der Waals surface area contributed by atoms with Crippen LogP contribution in [0.5, 0.6) is 5.75 Å². The van der Waals surface area contributed by atoms with Gasteiger partial charge in [0, 0.05) is 5.56 Å². The molecule has 0 saturated carbocycles. The fourth-order valence-electron chi connectivity index (χ4n) is 4.37. The number of benzene rings is 3. The molecule has 0 saturated heterocycles. The summed E-state index contributed by atoms with van der Waals surface area (Å²) in [5.41, 5.74) is 5.78. The molecular formula is C28H22ClF2N7O2. The van der Waals surface area contributed by atoms with Crippen LogP contribution in [0.25, 0.3) is 16.6 Å². The molecule has 0 fully saturated rings. The number of fused-ring (bicyclic) bond motifs is 1. The predicted octanol–water partition coefficient (Wildman–Crippen LogP) is 5.29. The van der Waals surface area contributed by atoms with Gasteiger partial charge in [0.05, 0.1) is 46.0 Å². The number of nitrogen functional groups attached to an aromatic ring is 1. The number of ether oxygens (including phenoxy) is 1. The first-order chi connectivity index (χ1) is 19.2. The topological polar surface area (TPSA) is 132 Å². The zero-order valence-corrected chi connectivity index (χ0v) is 22.0. The van der Waals surface area contributed by atoms with Crippen molar-refractivity contribution < 1.29 is 13.5 Å². The van der Waals surface area contributed by atoms with Gasteiger partial charge in [-0.1, -0.05) is 35.9 Å². The Labute approximate surface area is 231 Å². The van der Waals surface area contributed by atoms with Crippen LogP contribution >= 0.6 is 11.6 Å². The zero-order valence-electron chi connectivity index (χ0n) is 21.2. The minimum absolute atomic E-state index is 0.0562. The molecule has 0 unspecified atom stereocenters. The number of rotatable bonds is 7. The van der Waals surface area contributed by atoms with Gasteiger partial charge in [-0.2, -0.15) is 4.39 Å². The van der Waals surface area contributed by atoms with E-state index in [1.165, 1.54) is 30.1 Å².